The first kappa shape index (κ1) is 10.9. The summed E-state index contributed by atoms with van der Waals surface area (Å²) >= 11 is 6.08. The van der Waals surface area contributed by atoms with Crippen molar-refractivity contribution in [3.8, 4) is 0 Å². The van der Waals surface area contributed by atoms with Gasteiger partial charge >= 0.3 is 0 Å². The maximum Gasteiger partial charge on any atom is 0.127 e. The van der Waals surface area contributed by atoms with Crippen molar-refractivity contribution in [1.82, 2.24) is 0 Å². The summed E-state index contributed by atoms with van der Waals surface area (Å²) in [7, 11) is 0. The van der Waals surface area contributed by atoms with Crippen LogP contribution in [0.15, 0.2) is 6.07 Å². The van der Waals surface area contributed by atoms with E-state index in [9.17, 15) is 4.39 Å². The fraction of sp³-hybridized carbons (Fsp3) is 0.500. The van der Waals surface area contributed by atoms with Crippen LogP contribution in [0.2, 0.25) is 5.02 Å². The maximum absolute atomic E-state index is 13.5. The van der Waals surface area contributed by atoms with Crippen LogP contribution in [-0.4, -0.2) is 0 Å². The van der Waals surface area contributed by atoms with Gasteiger partial charge in [-0.3, -0.25) is 0 Å². The molecule has 0 bridgehead atoms. The molecule has 1 aromatic rings. The van der Waals surface area contributed by atoms with Crippen molar-refractivity contribution in [2.75, 3.05) is 0 Å². The molecule has 1 aromatic carbocycles. The monoisotopic (exact) mass is 227 g/mol. The fourth-order valence-corrected chi connectivity index (χ4v) is 2.84. The molecule has 1 unspecified atom stereocenters. The summed E-state index contributed by atoms with van der Waals surface area (Å²) in [6.45, 7) is 3.90. The van der Waals surface area contributed by atoms with E-state index >= 15 is 0 Å². The van der Waals surface area contributed by atoms with E-state index in [-0.39, 0.29) is 11.9 Å². The van der Waals surface area contributed by atoms with E-state index in [1.165, 1.54) is 6.07 Å². The first-order chi connectivity index (χ1) is 7.02. The molecule has 2 N–H and O–H groups in total. The van der Waals surface area contributed by atoms with E-state index in [1.54, 1.807) is 6.92 Å². The van der Waals surface area contributed by atoms with E-state index in [0.29, 0.717) is 16.5 Å². The van der Waals surface area contributed by atoms with Crippen LogP contribution in [0.1, 0.15) is 48.4 Å². The molecule has 82 valence electrons. The zero-order valence-electron chi connectivity index (χ0n) is 8.98. The third-order valence-electron chi connectivity index (χ3n) is 3.34. The van der Waals surface area contributed by atoms with Crippen molar-refractivity contribution in [3.63, 3.8) is 0 Å². The summed E-state index contributed by atoms with van der Waals surface area (Å²) in [5.74, 6) is 0.134. The van der Waals surface area contributed by atoms with Gasteiger partial charge in [0.1, 0.15) is 5.82 Å². The van der Waals surface area contributed by atoms with Crippen molar-refractivity contribution in [1.29, 1.82) is 0 Å². The molecule has 2 atom stereocenters. The highest BCUT2D eigenvalue weighted by Crippen LogP contribution is 2.42. The predicted octanol–water partition coefficient (Wildman–Crippen LogP) is 3.68. The number of nitrogens with two attached hydrogens (primary N) is 1. The zero-order chi connectivity index (χ0) is 11.2. The highest BCUT2D eigenvalue weighted by molar-refractivity contribution is 6.31. The molecular weight excluding hydrogens is 213 g/mol. The second kappa shape index (κ2) is 3.76. The number of rotatable bonds is 0. The van der Waals surface area contributed by atoms with Crippen molar-refractivity contribution in [2.45, 2.75) is 38.6 Å². The van der Waals surface area contributed by atoms with Crippen LogP contribution in [-0.2, 0) is 0 Å². The summed E-state index contributed by atoms with van der Waals surface area (Å²) < 4.78 is 13.5. The number of benzene rings is 1. The topological polar surface area (TPSA) is 26.0 Å². The first-order valence-electron chi connectivity index (χ1n) is 5.26. The van der Waals surface area contributed by atoms with Gasteiger partial charge in [0.05, 0.1) is 0 Å². The largest absolute Gasteiger partial charge is 0.324 e. The number of hydrogen-bond acceptors (Lipinski definition) is 1. The second-order valence-corrected chi connectivity index (χ2v) is 4.78. The molecule has 0 radical (unpaired) electrons. The number of fused-ring (bicyclic) bond motifs is 1. The summed E-state index contributed by atoms with van der Waals surface area (Å²) in [5, 5.41) is 0.524. The van der Waals surface area contributed by atoms with E-state index in [0.717, 1.165) is 24.0 Å². The third kappa shape index (κ3) is 1.66. The van der Waals surface area contributed by atoms with Crippen LogP contribution >= 0.6 is 11.6 Å². The summed E-state index contributed by atoms with van der Waals surface area (Å²) in [6, 6.07) is 1.34. The Kier molecular flexibility index (Phi) is 2.73. The Morgan fingerprint density at radius 2 is 2.07 bits per heavy atom. The molecule has 1 aliphatic rings. The van der Waals surface area contributed by atoms with Gasteiger partial charge in [0.15, 0.2) is 0 Å². The van der Waals surface area contributed by atoms with Gasteiger partial charge < -0.3 is 5.73 Å². The lowest BCUT2D eigenvalue weighted by Crippen LogP contribution is -2.21. The van der Waals surface area contributed by atoms with Crippen LogP contribution < -0.4 is 5.73 Å². The first-order valence-corrected chi connectivity index (χ1v) is 5.64. The summed E-state index contributed by atoms with van der Waals surface area (Å²) in [6.07, 6.45) is 1.94. The van der Waals surface area contributed by atoms with E-state index in [4.69, 9.17) is 17.3 Å². The normalized spacial score (nSPS) is 25.1. The zero-order valence-corrected chi connectivity index (χ0v) is 9.74. The quantitative estimate of drug-likeness (QED) is 0.719. The molecule has 0 aliphatic heterocycles. The Balaban J connectivity index is 2.71. The molecule has 2 rings (SSSR count). The van der Waals surface area contributed by atoms with Gasteiger partial charge in [-0.2, -0.15) is 0 Å². The van der Waals surface area contributed by atoms with E-state index in [1.807, 2.05) is 0 Å². The fourth-order valence-electron chi connectivity index (χ4n) is 2.45. The predicted molar refractivity (Wildman–Crippen MR) is 60.7 cm³/mol. The summed E-state index contributed by atoms with van der Waals surface area (Å²) in [5.41, 5.74) is 8.66. The van der Waals surface area contributed by atoms with Crippen molar-refractivity contribution < 1.29 is 4.39 Å². The lowest BCUT2D eigenvalue weighted by atomic mass is 9.79. The van der Waals surface area contributed by atoms with Crippen molar-refractivity contribution >= 4 is 11.6 Å². The molecule has 0 spiro atoms. The molecule has 1 aliphatic carbocycles. The highest BCUT2D eigenvalue weighted by Gasteiger charge is 2.27. The van der Waals surface area contributed by atoms with Crippen molar-refractivity contribution in [3.05, 3.63) is 33.6 Å². The maximum atomic E-state index is 13.5. The molecule has 0 amide bonds. The van der Waals surface area contributed by atoms with Gasteiger partial charge in [-0.1, -0.05) is 18.5 Å². The molecule has 0 aromatic heterocycles. The average molecular weight is 228 g/mol. The minimum atomic E-state index is -0.247. The van der Waals surface area contributed by atoms with Crippen LogP contribution in [0, 0.1) is 12.7 Å². The van der Waals surface area contributed by atoms with Gasteiger partial charge in [0.2, 0.25) is 0 Å². The lowest BCUT2D eigenvalue weighted by Gasteiger charge is -2.30. The molecule has 0 saturated heterocycles. The smallest absolute Gasteiger partial charge is 0.127 e. The molecule has 15 heavy (non-hydrogen) atoms. The van der Waals surface area contributed by atoms with Gasteiger partial charge in [0.25, 0.3) is 0 Å². The molecule has 0 fully saturated rings. The van der Waals surface area contributed by atoms with Crippen LogP contribution in [0.4, 0.5) is 4.39 Å². The van der Waals surface area contributed by atoms with Gasteiger partial charge in [-0.15, -0.1) is 0 Å². The highest BCUT2D eigenvalue weighted by atomic mass is 35.5. The lowest BCUT2D eigenvalue weighted by molar-refractivity contribution is 0.503. The Bertz CT molecular complexity index is 403. The minimum Gasteiger partial charge on any atom is -0.324 e. The van der Waals surface area contributed by atoms with Gasteiger partial charge in [-0.05, 0) is 48.4 Å². The standard InChI is InChI=1S/C12H15ClFN/c1-6-3-4-10(15)12-7(2)9(14)5-8(13)11(6)12/h5-6,10H,3-4,15H2,1-2H3/t6?,10-/m0/s1. The Morgan fingerprint density at radius 1 is 1.40 bits per heavy atom. The summed E-state index contributed by atoms with van der Waals surface area (Å²) in [4.78, 5) is 0. The molecule has 0 saturated carbocycles. The van der Waals surface area contributed by atoms with Crippen molar-refractivity contribution in [2.24, 2.45) is 5.73 Å². The average Bonchev–Trinajstić information content (AvgIpc) is 2.18. The van der Waals surface area contributed by atoms with Gasteiger partial charge in [0, 0.05) is 11.1 Å². The van der Waals surface area contributed by atoms with E-state index in [2.05, 4.69) is 6.92 Å². The van der Waals surface area contributed by atoms with Gasteiger partial charge in [-0.25, -0.2) is 4.39 Å². The molecule has 3 heteroatoms. The number of hydrogen-bond donors (Lipinski definition) is 1. The Labute approximate surface area is 94.4 Å². The molecular formula is C12H15ClFN. The molecule has 0 heterocycles. The SMILES string of the molecule is Cc1c(F)cc(Cl)c2c1[C@@H](N)CCC2C. The Hall–Kier alpha value is -0.600. The second-order valence-electron chi connectivity index (χ2n) is 4.38. The Morgan fingerprint density at radius 3 is 2.73 bits per heavy atom. The van der Waals surface area contributed by atoms with Crippen LogP contribution in [0.3, 0.4) is 0 Å². The van der Waals surface area contributed by atoms with E-state index < -0.39 is 0 Å². The molecule has 1 nitrogen and oxygen atoms in total. The van der Waals surface area contributed by atoms with Crippen LogP contribution in [0.5, 0.6) is 0 Å². The minimum absolute atomic E-state index is 0.0654. The number of halogens is 2. The third-order valence-corrected chi connectivity index (χ3v) is 3.65. The van der Waals surface area contributed by atoms with Crippen LogP contribution in [0.25, 0.3) is 0 Å².